The molecule has 8 heteroatoms. The van der Waals surface area contributed by atoms with Gasteiger partial charge in [0, 0.05) is 25.6 Å². The van der Waals surface area contributed by atoms with E-state index < -0.39 is 5.82 Å². The van der Waals surface area contributed by atoms with Crippen LogP contribution in [0.4, 0.5) is 10.1 Å². The van der Waals surface area contributed by atoms with Crippen molar-refractivity contribution in [2.45, 2.75) is 30.8 Å². The first kappa shape index (κ1) is 16.6. The monoisotopic (exact) mass is 348 g/mol. The molecule has 6 nitrogen and oxygen atoms in total. The van der Waals surface area contributed by atoms with Crippen LogP contribution in [0.2, 0.25) is 0 Å². The zero-order chi connectivity index (χ0) is 17.3. The summed E-state index contributed by atoms with van der Waals surface area (Å²) in [6, 6.07) is 4.04. The van der Waals surface area contributed by atoms with Crippen molar-refractivity contribution in [3.05, 3.63) is 35.4 Å². The van der Waals surface area contributed by atoms with Crippen molar-refractivity contribution >= 4 is 29.1 Å². The van der Waals surface area contributed by atoms with Gasteiger partial charge in [-0.25, -0.2) is 4.39 Å². The predicted molar refractivity (Wildman–Crippen MR) is 88.7 cm³/mol. The second-order valence-electron chi connectivity index (χ2n) is 5.76. The molecule has 0 saturated heterocycles. The molecule has 1 aliphatic rings. The van der Waals surface area contributed by atoms with E-state index in [1.54, 1.807) is 0 Å². The normalized spacial score (nSPS) is 13.8. The van der Waals surface area contributed by atoms with E-state index in [1.165, 1.54) is 30.8 Å². The number of rotatable bonds is 6. The van der Waals surface area contributed by atoms with E-state index in [2.05, 4.69) is 15.5 Å². The number of halogens is 1. The highest BCUT2D eigenvalue weighted by Crippen LogP contribution is 2.39. The molecule has 1 heterocycles. The highest BCUT2D eigenvalue weighted by atomic mass is 32.2. The molecule has 0 spiro atoms. The van der Waals surface area contributed by atoms with E-state index in [4.69, 9.17) is 0 Å². The number of aromatic nitrogens is 3. The number of thioether (sulfide) groups is 1. The summed E-state index contributed by atoms with van der Waals surface area (Å²) in [5.74, 6) is 0.221. The average Bonchev–Trinajstić information content (AvgIpc) is 3.28. The Morgan fingerprint density at radius 1 is 1.38 bits per heavy atom. The van der Waals surface area contributed by atoms with E-state index in [9.17, 15) is 14.0 Å². The van der Waals surface area contributed by atoms with Gasteiger partial charge in [-0.05, 0) is 31.0 Å². The predicted octanol–water partition coefficient (Wildman–Crippen LogP) is 2.77. The molecule has 1 aromatic carbocycles. The number of anilines is 1. The van der Waals surface area contributed by atoms with Crippen molar-refractivity contribution in [1.82, 2.24) is 14.8 Å². The van der Waals surface area contributed by atoms with Gasteiger partial charge in [0.15, 0.2) is 10.9 Å². The minimum atomic E-state index is -0.650. The standard InChI is InChI=1S/C16H17FN4O2S/c1-9(22)18-11-5-6-12(13(17)7-11)14(23)8-24-16-20-19-15(21(16)2)10-3-4-10/h5-7,10H,3-4,8H2,1-2H3,(H,18,22). The van der Waals surface area contributed by atoms with Gasteiger partial charge >= 0.3 is 0 Å². The molecule has 1 N–H and O–H groups in total. The fourth-order valence-electron chi connectivity index (χ4n) is 2.38. The number of hydrogen-bond donors (Lipinski definition) is 1. The van der Waals surface area contributed by atoms with Crippen LogP contribution in [0.3, 0.4) is 0 Å². The third kappa shape index (κ3) is 3.64. The summed E-state index contributed by atoms with van der Waals surface area (Å²) < 4.78 is 16.0. The summed E-state index contributed by atoms with van der Waals surface area (Å²) in [6.45, 7) is 1.34. The van der Waals surface area contributed by atoms with Crippen molar-refractivity contribution in [3.63, 3.8) is 0 Å². The Morgan fingerprint density at radius 3 is 2.75 bits per heavy atom. The van der Waals surface area contributed by atoms with E-state index in [1.807, 2.05) is 11.6 Å². The number of nitrogens with zero attached hydrogens (tertiary/aromatic N) is 3. The molecule has 1 amide bonds. The van der Waals surface area contributed by atoms with Crippen LogP contribution in [0.1, 0.15) is 41.9 Å². The molecule has 2 aromatic rings. The fraction of sp³-hybridized carbons (Fsp3) is 0.375. The second-order valence-corrected chi connectivity index (χ2v) is 6.70. The third-order valence-electron chi connectivity index (χ3n) is 3.73. The van der Waals surface area contributed by atoms with Crippen LogP contribution in [0, 0.1) is 5.82 Å². The number of amides is 1. The van der Waals surface area contributed by atoms with Crippen molar-refractivity contribution in [3.8, 4) is 0 Å². The molecule has 1 fully saturated rings. The molecule has 1 aromatic heterocycles. The Labute approximate surface area is 142 Å². The zero-order valence-electron chi connectivity index (χ0n) is 13.4. The summed E-state index contributed by atoms with van der Waals surface area (Å²) in [6.07, 6.45) is 2.25. The maximum absolute atomic E-state index is 14.1. The first-order valence-corrected chi connectivity index (χ1v) is 8.56. The Balaban J connectivity index is 1.65. The molecular formula is C16H17FN4O2S. The number of nitrogens with one attached hydrogen (secondary N) is 1. The molecule has 1 saturated carbocycles. The van der Waals surface area contributed by atoms with Gasteiger partial charge in [-0.15, -0.1) is 10.2 Å². The quantitative estimate of drug-likeness (QED) is 0.642. The highest BCUT2D eigenvalue weighted by molar-refractivity contribution is 7.99. The van der Waals surface area contributed by atoms with Gasteiger partial charge in [0.05, 0.1) is 11.3 Å². The maximum Gasteiger partial charge on any atom is 0.221 e. The molecule has 3 rings (SSSR count). The molecule has 0 bridgehead atoms. The number of hydrogen-bond acceptors (Lipinski definition) is 5. The molecule has 0 atom stereocenters. The lowest BCUT2D eigenvalue weighted by molar-refractivity contribution is -0.114. The molecule has 0 unspecified atom stereocenters. The van der Waals surface area contributed by atoms with E-state index in [0.717, 1.165) is 24.7 Å². The molecule has 1 aliphatic carbocycles. The van der Waals surface area contributed by atoms with Crippen LogP contribution in [0.15, 0.2) is 23.4 Å². The van der Waals surface area contributed by atoms with Gasteiger partial charge in [-0.3, -0.25) is 9.59 Å². The lowest BCUT2D eigenvalue weighted by Gasteiger charge is -2.06. The van der Waals surface area contributed by atoms with Crippen LogP contribution < -0.4 is 5.32 Å². The number of benzene rings is 1. The molecule has 126 valence electrons. The molecular weight excluding hydrogens is 331 g/mol. The number of ketones is 1. The summed E-state index contributed by atoms with van der Waals surface area (Å²) in [5.41, 5.74) is 0.327. The second kappa shape index (κ2) is 6.72. The van der Waals surface area contributed by atoms with Gasteiger partial charge in [0.1, 0.15) is 11.6 Å². The highest BCUT2D eigenvalue weighted by Gasteiger charge is 2.29. The minimum absolute atomic E-state index is 0.00110. The first-order valence-electron chi connectivity index (χ1n) is 7.58. The van der Waals surface area contributed by atoms with Crippen LogP contribution in [-0.2, 0) is 11.8 Å². The van der Waals surface area contributed by atoms with Gasteiger partial charge in [0.25, 0.3) is 0 Å². The number of carbonyl (C=O) groups is 2. The van der Waals surface area contributed by atoms with E-state index in [0.29, 0.717) is 16.8 Å². The molecule has 0 aliphatic heterocycles. The number of carbonyl (C=O) groups excluding carboxylic acids is 2. The van der Waals surface area contributed by atoms with E-state index >= 15 is 0 Å². The SMILES string of the molecule is CC(=O)Nc1ccc(C(=O)CSc2nnc(C3CC3)n2C)c(F)c1. The minimum Gasteiger partial charge on any atom is -0.326 e. The van der Waals surface area contributed by atoms with Crippen molar-refractivity contribution in [1.29, 1.82) is 0 Å². The smallest absolute Gasteiger partial charge is 0.221 e. The topological polar surface area (TPSA) is 76.9 Å². The van der Waals surface area contributed by atoms with Crippen LogP contribution in [0.25, 0.3) is 0 Å². The van der Waals surface area contributed by atoms with Gasteiger partial charge in [-0.2, -0.15) is 0 Å². The Morgan fingerprint density at radius 2 is 2.12 bits per heavy atom. The van der Waals surface area contributed by atoms with Crippen LogP contribution >= 0.6 is 11.8 Å². The Bertz CT molecular complexity index is 801. The van der Waals surface area contributed by atoms with Crippen molar-refractivity contribution in [2.75, 3.05) is 11.1 Å². The van der Waals surface area contributed by atoms with Crippen LogP contribution in [0.5, 0.6) is 0 Å². The first-order chi connectivity index (χ1) is 11.5. The van der Waals surface area contributed by atoms with Crippen molar-refractivity contribution < 1.29 is 14.0 Å². The van der Waals surface area contributed by atoms with Gasteiger partial charge in [0.2, 0.25) is 5.91 Å². The summed E-state index contributed by atoms with van der Waals surface area (Å²) in [5, 5.41) is 11.4. The third-order valence-corrected chi connectivity index (χ3v) is 4.75. The van der Waals surface area contributed by atoms with Gasteiger partial charge < -0.3 is 9.88 Å². The van der Waals surface area contributed by atoms with Crippen LogP contribution in [-0.4, -0.2) is 32.2 Å². The Hall–Kier alpha value is -2.22. The maximum atomic E-state index is 14.1. The Kier molecular flexibility index (Phi) is 4.66. The van der Waals surface area contributed by atoms with Crippen molar-refractivity contribution in [2.24, 2.45) is 7.05 Å². The lowest BCUT2D eigenvalue weighted by Crippen LogP contribution is -2.09. The van der Waals surface area contributed by atoms with E-state index in [-0.39, 0.29) is 23.0 Å². The van der Waals surface area contributed by atoms with Gasteiger partial charge in [-0.1, -0.05) is 11.8 Å². The lowest BCUT2D eigenvalue weighted by atomic mass is 10.1. The zero-order valence-corrected chi connectivity index (χ0v) is 14.2. The summed E-state index contributed by atoms with van der Waals surface area (Å²) in [7, 11) is 1.88. The fourth-order valence-corrected chi connectivity index (χ4v) is 3.18. The average molecular weight is 348 g/mol. The summed E-state index contributed by atoms with van der Waals surface area (Å²) in [4.78, 5) is 23.2. The molecule has 0 radical (unpaired) electrons. The molecule has 24 heavy (non-hydrogen) atoms. The largest absolute Gasteiger partial charge is 0.326 e. The summed E-state index contributed by atoms with van der Waals surface area (Å²) >= 11 is 1.24. The number of Topliss-reactive ketones (excluding diaryl/α,β-unsaturated/α-hetero) is 1.